The molecule has 0 bridgehead atoms. The number of aromatic nitrogens is 1. The summed E-state index contributed by atoms with van der Waals surface area (Å²) in [6.07, 6.45) is 2.12. The summed E-state index contributed by atoms with van der Waals surface area (Å²) >= 11 is 0. The Kier molecular flexibility index (Phi) is 3.33. The molecular weight excluding hydrogens is 267 g/mol. The van der Waals surface area contributed by atoms with Gasteiger partial charge in [-0.3, -0.25) is 9.78 Å². The summed E-state index contributed by atoms with van der Waals surface area (Å²) in [5, 5.41) is 2.94. The minimum Gasteiger partial charge on any atom is -0.398 e. The number of hydrogen-bond donors (Lipinski definition) is 1. The molecule has 2 fully saturated rings. The Hall–Kier alpha value is -1.40. The summed E-state index contributed by atoms with van der Waals surface area (Å²) in [7, 11) is -0.538. The highest BCUT2D eigenvalue weighted by Gasteiger charge is 2.52. The minimum absolute atomic E-state index is 0.129. The normalized spacial score (nSPS) is 23.1. The molecule has 0 spiro atoms. The van der Waals surface area contributed by atoms with Crippen LogP contribution in [0.5, 0.6) is 0 Å². The van der Waals surface area contributed by atoms with Gasteiger partial charge in [-0.25, -0.2) is 0 Å². The van der Waals surface area contributed by atoms with Crippen molar-refractivity contribution in [2.75, 3.05) is 0 Å². The van der Waals surface area contributed by atoms with Crippen LogP contribution in [-0.2, 0) is 9.31 Å². The Morgan fingerprint density at radius 1 is 1.24 bits per heavy atom. The molecule has 0 atom stereocenters. The molecule has 6 heteroatoms. The van der Waals surface area contributed by atoms with Crippen LogP contribution in [0.4, 0.5) is 0 Å². The Balaban J connectivity index is 1.79. The van der Waals surface area contributed by atoms with Gasteiger partial charge in [0.2, 0.25) is 0 Å². The van der Waals surface area contributed by atoms with Crippen LogP contribution >= 0.6 is 0 Å². The highest BCUT2D eigenvalue weighted by molar-refractivity contribution is 6.61. The number of nitrogens with one attached hydrogen (secondary N) is 1. The van der Waals surface area contributed by atoms with Gasteiger partial charge < -0.3 is 14.6 Å². The van der Waals surface area contributed by atoms with Gasteiger partial charge in [0.05, 0.1) is 16.8 Å². The molecule has 0 unspecified atom stereocenters. The number of rotatable bonds is 3. The van der Waals surface area contributed by atoms with E-state index in [0.717, 1.165) is 12.8 Å². The number of hydrogen-bond acceptors (Lipinski definition) is 4. The maximum atomic E-state index is 12.1. The lowest BCUT2D eigenvalue weighted by Crippen LogP contribution is -2.41. The van der Waals surface area contributed by atoms with Crippen LogP contribution in [0.2, 0.25) is 0 Å². The molecule has 1 aliphatic heterocycles. The van der Waals surface area contributed by atoms with Crippen LogP contribution < -0.4 is 10.9 Å². The van der Waals surface area contributed by atoms with E-state index < -0.39 is 18.3 Å². The minimum atomic E-state index is -0.538. The number of amides is 1. The topological polar surface area (TPSA) is 60.5 Å². The van der Waals surface area contributed by atoms with E-state index in [4.69, 9.17) is 9.31 Å². The van der Waals surface area contributed by atoms with Gasteiger partial charge in [0.15, 0.2) is 0 Å². The van der Waals surface area contributed by atoms with Crippen molar-refractivity contribution in [1.29, 1.82) is 0 Å². The fraction of sp³-hybridized carbons (Fsp3) is 0.600. The molecule has 3 rings (SSSR count). The Morgan fingerprint density at radius 2 is 1.86 bits per heavy atom. The largest absolute Gasteiger partial charge is 0.514 e. The summed E-state index contributed by atoms with van der Waals surface area (Å²) in [4.78, 5) is 16.5. The molecule has 1 saturated heterocycles. The average molecular weight is 288 g/mol. The van der Waals surface area contributed by atoms with Crippen molar-refractivity contribution in [3.8, 4) is 0 Å². The highest BCUT2D eigenvalue weighted by atomic mass is 16.7. The molecule has 21 heavy (non-hydrogen) atoms. The second kappa shape index (κ2) is 4.82. The SMILES string of the molecule is CC1(C)OB(c2cccc(C(=O)NC3CC3)n2)OC1(C)C. The third-order valence-corrected chi connectivity index (χ3v) is 4.41. The zero-order chi connectivity index (χ0) is 15.3. The van der Waals surface area contributed by atoms with E-state index in [1.165, 1.54) is 0 Å². The molecule has 0 radical (unpaired) electrons. The van der Waals surface area contributed by atoms with Crippen molar-refractivity contribution in [1.82, 2.24) is 10.3 Å². The number of carbonyl (C=O) groups excluding carboxylic acids is 1. The van der Waals surface area contributed by atoms with Crippen molar-refractivity contribution in [2.45, 2.75) is 57.8 Å². The number of carbonyl (C=O) groups is 1. The van der Waals surface area contributed by atoms with Gasteiger partial charge in [-0.2, -0.15) is 0 Å². The molecule has 112 valence electrons. The molecule has 1 aliphatic carbocycles. The second-order valence-electron chi connectivity index (χ2n) is 6.78. The second-order valence-corrected chi connectivity index (χ2v) is 6.78. The van der Waals surface area contributed by atoms with Gasteiger partial charge in [-0.05, 0) is 52.7 Å². The number of pyridine rings is 1. The van der Waals surface area contributed by atoms with Crippen molar-refractivity contribution in [2.24, 2.45) is 0 Å². The maximum Gasteiger partial charge on any atom is 0.514 e. The van der Waals surface area contributed by atoms with Crippen LogP contribution in [0.3, 0.4) is 0 Å². The monoisotopic (exact) mass is 288 g/mol. The Bertz CT molecular complexity index is 554. The molecule has 1 N–H and O–H groups in total. The van der Waals surface area contributed by atoms with Gasteiger partial charge in [-0.1, -0.05) is 6.07 Å². The third kappa shape index (κ3) is 2.83. The summed E-state index contributed by atoms with van der Waals surface area (Å²) in [6, 6.07) is 5.68. The van der Waals surface area contributed by atoms with Gasteiger partial charge >= 0.3 is 7.12 Å². The lowest BCUT2D eigenvalue weighted by molar-refractivity contribution is 0.00578. The van der Waals surface area contributed by atoms with Crippen LogP contribution in [0.1, 0.15) is 51.0 Å². The fourth-order valence-electron chi connectivity index (χ4n) is 2.16. The van der Waals surface area contributed by atoms with E-state index in [-0.39, 0.29) is 5.91 Å². The van der Waals surface area contributed by atoms with E-state index in [2.05, 4.69) is 10.3 Å². The first-order valence-electron chi connectivity index (χ1n) is 7.42. The maximum absolute atomic E-state index is 12.1. The zero-order valence-electron chi connectivity index (χ0n) is 13.0. The van der Waals surface area contributed by atoms with Crippen LogP contribution in [0.15, 0.2) is 18.2 Å². The van der Waals surface area contributed by atoms with Crippen LogP contribution in [-0.4, -0.2) is 35.3 Å². The van der Waals surface area contributed by atoms with E-state index in [1.807, 2.05) is 39.8 Å². The number of nitrogens with zero attached hydrogens (tertiary/aromatic N) is 1. The van der Waals surface area contributed by atoms with Crippen molar-refractivity contribution in [3.63, 3.8) is 0 Å². The molecule has 0 aromatic carbocycles. The standard InChI is InChI=1S/C15H21BN2O3/c1-14(2)15(3,4)21-16(20-14)12-7-5-6-11(18-12)13(19)17-10-8-9-10/h5-7,10H,8-9H2,1-4H3,(H,17,19). The highest BCUT2D eigenvalue weighted by Crippen LogP contribution is 2.36. The smallest absolute Gasteiger partial charge is 0.398 e. The predicted molar refractivity (Wildman–Crippen MR) is 80.4 cm³/mol. The first kappa shape index (κ1) is 14.5. The third-order valence-electron chi connectivity index (χ3n) is 4.41. The summed E-state index contributed by atoms with van der Waals surface area (Å²) in [5.41, 5.74) is 0.225. The Morgan fingerprint density at radius 3 is 2.43 bits per heavy atom. The van der Waals surface area contributed by atoms with Crippen molar-refractivity contribution in [3.05, 3.63) is 23.9 Å². The van der Waals surface area contributed by atoms with Crippen molar-refractivity contribution >= 4 is 18.6 Å². The lowest BCUT2D eigenvalue weighted by Gasteiger charge is -2.32. The first-order valence-corrected chi connectivity index (χ1v) is 7.42. The van der Waals surface area contributed by atoms with Crippen molar-refractivity contribution < 1.29 is 14.1 Å². The quantitative estimate of drug-likeness (QED) is 0.851. The average Bonchev–Trinajstić information content (AvgIpc) is 3.17. The molecule has 1 aromatic rings. The van der Waals surface area contributed by atoms with Gasteiger partial charge in [0, 0.05) is 6.04 Å². The van der Waals surface area contributed by atoms with Gasteiger partial charge in [0.1, 0.15) is 5.69 Å². The van der Waals surface area contributed by atoms with E-state index in [0.29, 0.717) is 17.3 Å². The molecule has 5 nitrogen and oxygen atoms in total. The summed E-state index contributed by atoms with van der Waals surface area (Å²) in [6.45, 7) is 7.99. The predicted octanol–water partition coefficient (Wildman–Crippen LogP) is 1.27. The molecule has 2 heterocycles. The zero-order valence-corrected chi connectivity index (χ0v) is 13.0. The molecular formula is C15H21BN2O3. The molecule has 2 aliphatic rings. The summed E-state index contributed by atoms with van der Waals surface area (Å²) < 4.78 is 11.9. The van der Waals surface area contributed by atoms with Gasteiger partial charge in [0.25, 0.3) is 5.91 Å². The first-order chi connectivity index (χ1) is 9.78. The molecule has 1 aromatic heterocycles. The summed E-state index contributed by atoms with van der Waals surface area (Å²) in [5.74, 6) is -0.129. The fourth-order valence-corrected chi connectivity index (χ4v) is 2.16. The molecule has 1 saturated carbocycles. The Labute approximate surface area is 125 Å². The van der Waals surface area contributed by atoms with Crippen LogP contribution in [0, 0.1) is 0 Å². The van der Waals surface area contributed by atoms with E-state index in [1.54, 1.807) is 6.07 Å². The molecule has 1 amide bonds. The lowest BCUT2D eigenvalue weighted by atomic mass is 9.84. The van der Waals surface area contributed by atoms with Crippen LogP contribution in [0.25, 0.3) is 0 Å². The van der Waals surface area contributed by atoms with E-state index in [9.17, 15) is 4.79 Å². The van der Waals surface area contributed by atoms with E-state index >= 15 is 0 Å². The van der Waals surface area contributed by atoms with Gasteiger partial charge in [-0.15, -0.1) is 0 Å².